The number of amides is 1. The highest BCUT2D eigenvalue weighted by atomic mass is 16.3. The average molecular weight is 285 g/mol. The van der Waals surface area contributed by atoms with Crippen LogP contribution >= 0.6 is 0 Å². The quantitative estimate of drug-likeness (QED) is 0.933. The topological polar surface area (TPSA) is 66.3 Å². The Labute approximate surface area is 123 Å². The molecule has 1 aromatic heterocycles. The molecule has 0 saturated carbocycles. The van der Waals surface area contributed by atoms with E-state index in [4.69, 9.17) is 5.11 Å². The standard InChI is InChI=1S/C16H19N3O2/c20-10-4-6-12-5-3-9-19(12)16(21)15-11-17-13-7-1-2-8-14(13)18-15/h1-2,7-8,11-12,20H,3-6,9-10H2. The number of aliphatic hydroxyl groups is 1. The Kier molecular flexibility index (Phi) is 4.10. The molecule has 1 saturated heterocycles. The van der Waals surface area contributed by atoms with Crippen LogP contribution < -0.4 is 0 Å². The molecule has 1 aromatic carbocycles. The lowest BCUT2D eigenvalue weighted by molar-refractivity contribution is 0.0718. The smallest absolute Gasteiger partial charge is 0.274 e. The summed E-state index contributed by atoms with van der Waals surface area (Å²) in [5.74, 6) is -0.0475. The number of fused-ring (bicyclic) bond motifs is 1. The van der Waals surface area contributed by atoms with Crippen LogP contribution in [0.1, 0.15) is 36.2 Å². The lowest BCUT2D eigenvalue weighted by Gasteiger charge is -2.24. The maximum Gasteiger partial charge on any atom is 0.274 e. The highest BCUT2D eigenvalue weighted by Gasteiger charge is 2.29. The number of rotatable bonds is 4. The Morgan fingerprint density at radius 2 is 2.14 bits per heavy atom. The zero-order chi connectivity index (χ0) is 14.7. The number of carbonyl (C=O) groups is 1. The third-order valence-electron chi connectivity index (χ3n) is 4.00. The normalized spacial score (nSPS) is 18.3. The van der Waals surface area contributed by atoms with Crippen LogP contribution in [0.4, 0.5) is 0 Å². The van der Waals surface area contributed by atoms with Crippen molar-refractivity contribution in [3.05, 3.63) is 36.2 Å². The average Bonchev–Trinajstić information content (AvgIpc) is 3.00. The molecule has 0 bridgehead atoms. The van der Waals surface area contributed by atoms with E-state index in [1.54, 1.807) is 6.20 Å². The number of para-hydroxylation sites is 2. The van der Waals surface area contributed by atoms with Crippen molar-refractivity contribution in [1.29, 1.82) is 0 Å². The Bertz CT molecular complexity index is 644. The van der Waals surface area contributed by atoms with E-state index >= 15 is 0 Å². The fourth-order valence-corrected chi connectivity index (χ4v) is 2.94. The van der Waals surface area contributed by atoms with Gasteiger partial charge in [0.2, 0.25) is 0 Å². The highest BCUT2D eigenvalue weighted by Crippen LogP contribution is 2.23. The van der Waals surface area contributed by atoms with Gasteiger partial charge in [0.05, 0.1) is 17.2 Å². The number of nitrogens with zero attached hydrogens (tertiary/aromatic N) is 3. The van der Waals surface area contributed by atoms with Gasteiger partial charge >= 0.3 is 0 Å². The van der Waals surface area contributed by atoms with Crippen molar-refractivity contribution < 1.29 is 9.90 Å². The van der Waals surface area contributed by atoms with Gasteiger partial charge in [0.15, 0.2) is 0 Å². The molecule has 1 N–H and O–H groups in total. The van der Waals surface area contributed by atoms with Gasteiger partial charge in [-0.25, -0.2) is 4.98 Å². The van der Waals surface area contributed by atoms with Crippen molar-refractivity contribution in [1.82, 2.24) is 14.9 Å². The summed E-state index contributed by atoms with van der Waals surface area (Å²) in [5.41, 5.74) is 1.95. The molecule has 1 aliphatic rings. The molecule has 0 spiro atoms. The molecule has 2 aromatic rings. The molecule has 2 heterocycles. The van der Waals surface area contributed by atoms with E-state index in [1.807, 2.05) is 29.2 Å². The molecule has 1 unspecified atom stereocenters. The number of hydrogen-bond acceptors (Lipinski definition) is 4. The summed E-state index contributed by atoms with van der Waals surface area (Å²) in [7, 11) is 0. The lowest BCUT2D eigenvalue weighted by Crippen LogP contribution is -2.36. The number of benzene rings is 1. The second-order valence-electron chi connectivity index (χ2n) is 5.40. The fraction of sp³-hybridized carbons (Fsp3) is 0.438. The summed E-state index contributed by atoms with van der Waals surface area (Å²) in [6.45, 7) is 0.942. The minimum atomic E-state index is -0.0475. The van der Waals surface area contributed by atoms with Gasteiger partial charge in [-0.05, 0) is 37.8 Å². The first-order valence-electron chi connectivity index (χ1n) is 7.43. The highest BCUT2D eigenvalue weighted by molar-refractivity contribution is 5.94. The third-order valence-corrected chi connectivity index (χ3v) is 4.00. The SMILES string of the molecule is O=C(c1cnc2ccccc2n1)N1CCCC1CCCO. The first-order chi connectivity index (χ1) is 10.3. The van der Waals surface area contributed by atoms with E-state index < -0.39 is 0 Å². The van der Waals surface area contributed by atoms with E-state index in [2.05, 4.69) is 9.97 Å². The zero-order valence-corrected chi connectivity index (χ0v) is 11.9. The molecule has 21 heavy (non-hydrogen) atoms. The second kappa shape index (κ2) is 6.18. The van der Waals surface area contributed by atoms with Gasteiger partial charge in [0, 0.05) is 19.2 Å². The van der Waals surface area contributed by atoms with Crippen LogP contribution in [-0.2, 0) is 0 Å². The van der Waals surface area contributed by atoms with Gasteiger partial charge in [0.1, 0.15) is 5.69 Å². The van der Waals surface area contributed by atoms with Crippen molar-refractivity contribution in [2.45, 2.75) is 31.7 Å². The molecule has 5 nitrogen and oxygen atoms in total. The van der Waals surface area contributed by atoms with Crippen molar-refractivity contribution in [2.75, 3.05) is 13.2 Å². The number of hydrogen-bond donors (Lipinski definition) is 1. The molecule has 1 atom stereocenters. The predicted octanol–water partition coefficient (Wildman–Crippen LogP) is 2.01. The summed E-state index contributed by atoms with van der Waals surface area (Å²) in [6, 6.07) is 7.77. The molecule has 0 aliphatic carbocycles. The predicted molar refractivity (Wildman–Crippen MR) is 79.9 cm³/mol. The first kappa shape index (κ1) is 13.9. The Hall–Kier alpha value is -2.01. The van der Waals surface area contributed by atoms with Gasteiger partial charge in [-0.2, -0.15) is 0 Å². The van der Waals surface area contributed by atoms with Gasteiger partial charge < -0.3 is 10.0 Å². The van der Waals surface area contributed by atoms with Gasteiger partial charge in [-0.1, -0.05) is 12.1 Å². The van der Waals surface area contributed by atoms with Crippen LogP contribution in [0.25, 0.3) is 11.0 Å². The van der Waals surface area contributed by atoms with Crippen LogP contribution in [0.3, 0.4) is 0 Å². The molecule has 3 rings (SSSR count). The maximum atomic E-state index is 12.6. The molecule has 1 fully saturated rings. The van der Waals surface area contributed by atoms with Gasteiger partial charge in [-0.15, -0.1) is 0 Å². The summed E-state index contributed by atoms with van der Waals surface area (Å²) in [5, 5.41) is 8.96. The minimum Gasteiger partial charge on any atom is -0.396 e. The lowest BCUT2D eigenvalue weighted by atomic mass is 10.1. The minimum absolute atomic E-state index is 0.0475. The number of aromatic nitrogens is 2. The van der Waals surface area contributed by atoms with E-state index in [0.717, 1.165) is 43.3 Å². The van der Waals surface area contributed by atoms with Crippen LogP contribution in [-0.4, -0.2) is 45.1 Å². The van der Waals surface area contributed by atoms with Crippen molar-refractivity contribution in [2.24, 2.45) is 0 Å². The van der Waals surface area contributed by atoms with E-state index in [1.165, 1.54) is 0 Å². The Balaban J connectivity index is 1.82. The second-order valence-corrected chi connectivity index (χ2v) is 5.40. The third kappa shape index (κ3) is 2.88. The number of carbonyl (C=O) groups excluding carboxylic acids is 1. The molecule has 5 heteroatoms. The summed E-state index contributed by atoms with van der Waals surface area (Å²) in [4.78, 5) is 23.3. The van der Waals surface area contributed by atoms with Gasteiger partial charge in [0.25, 0.3) is 5.91 Å². The molecule has 1 aliphatic heterocycles. The molecule has 1 amide bonds. The molecule has 110 valence electrons. The Morgan fingerprint density at radius 3 is 2.95 bits per heavy atom. The Morgan fingerprint density at radius 1 is 1.33 bits per heavy atom. The maximum absolute atomic E-state index is 12.6. The largest absolute Gasteiger partial charge is 0.396 e. The summed E-state index contributed by atoms with van der Waals surface area (Å²) in [6.07, 6.45) is 5.17. The monoisotopic (exact) mass is 285 g/mol. The fourth-order valence-electron chi connectivity index (χ4n) is 2.94. The first-order valence-corrected chi connectivity index (χ1v) is 7.43. The van der Waals surface area contributed by atoms with Crippen molar-refractivity contribution in [3.8, 4) is 0 Å². The van der Waals surface area contributed by atoms with Crippen molar-refractivity contribution in [3.63, 3.8) is 0 Å². The summed E-state index contributed by atoms with van der Waals surface area (Å²) >= 11 is 0. The molecule has 0 radical (unpaired) electrons. The van der Waals surface area contributed by atoms with E-state index in [0.29, 0.717) is 5.69 Å². The van der Waals surface area contributed by atoms with E-state index in [9.17, 15) is 4.79 Å². The van der Waals surface area contributed by atoms with Crippen LogP contribution in [0.2, 0.25) is 0 Å². The van der Waals surface area contributed by atoms with E-state index in [-0.39, 0.29) is 18.6 Å². The van der Waals surface area contributed by atoms with Crippen LogP contribution in [0.15, 0.2) is 30.5 Å². The number of likely N-dealkylation sites (tertiary alicyclic amines) is 1. The van der Waals surface area contributed by atoms with Crippen molar-refractivity contribution >= 4 is 16.9 Å². The van der Waals surface area contributed by atoms with Crippen LogP contribution in [0, 0.1) is 0 Å². The zero-order valence-electron chi connectivity index (χ0n) is 11.9. The number of aliphatic hydroxyl groups excluding tert-OH is 1. The van der Waals surface area contributed by atoms with Crippen LogP contribution in [0.5, 0.6) is 0 Å². The summed E-state index contributed by atoms with van der Waals surface area (Å²) < 4.78 is 0. The molecular formula is C16H19N3O2. The molecular weight excluding hydrogens is 266 g/mol. The van der Waals surface area contributed by atoms with Gasteiger partial charge in [-0.3, -0.25) is 9.78 Å².